The van der Waals surface area contributed by atoms with Crippen LogP contribution in [0.5, 0.6) is 0 Å². The number of benzene rings is 1. The SMILES string of the molecule is CC(C)n1ncc2cc(/C=C3\CCn4c3nc3ccc(Cl)cc3c4=O)c(Cl)nc21. The van der Waals surface area contributed by atoms with Crippen molar-refractivity contribution in [3.05, 3.63) is 62.4 Å². The first-order chi connectivity index (χ1) is 13.9. The zero-order chi connectivity index (χ0) is 20.3. The maximum atomic E-state index is 12.9. The molecule has 29 heavy (non-hydrogen) atoms. The van der Waals surface area contributed by atoms with Crippen molar-refractivity contribution in [2.45, 2.75) is 32.9 Å². The maximum Gasteiger partial charge on any atom is 0.261 e. The Kier molecular flexibility index (Phi) is 4.22. The van der Waals surface area contributed by atoms with Gasteiger partial charge in [0.15, 0.2) is 5.65 Å². The Hall–Kier alpha value is -2.70. The number of rotatable bonds is 2. The van der Waals surface area contributed by atoms with Crippen LogP contribution in [0.25, 0.3) is 33.6 Å². The standard InChI is InChI=1S/C21H17Cl2N5O/c1-11(2)28-20-14(10-24-28)8-13(18(23)26-20)7-12-5-6-27-19(12)25-17-4-3-15(22)9-16(17)21(27)29/h3-4,7-11H,5-6H2,1-2H3/b12-7+. The van der Waals surface area contributed by atoms with Gasteiger partial charge in [-0.1, -0.05) is 23.2 Å². The summed E-state index contributed by atoms with van der Waals surface area (Å²) in [6.07, 6.45) is 4.46. The van der Waals surface area contributed by atoms with E-state index in [1.807, 2.05) is 30.7 Å². The molecule has 8 heteroatoms. The average molecular weight is 426 g/mol. The fourth-order valence-corrected chi connectivity index (χ4v) is 4.13. The Balaban J connectivity index is 1.65. The molecule has 0 amide bonds. The molecule has 4 aromatic rings. The van der Waals surface area contributed by atoms with Crippen LogP contribution in [-0.4, -0.2) is 24.3 Å². The molecular weight excluding hydrogens is 409 g/mol. The summed E-state index contributed by atoms with van der Waals surface area (Å²) in [5.41, 5.74) is 3.07. The van der Waals surface area contributed by atoms with Gasteiger partial charge < -0.3 is 0 Å². The third-order valence-electron chi connectivity index (χ3n) is 5.18. The summed E-state index contributed by atoms with van der Waals surface area (Å²) < 4.78 is 3.54. The van der Waals surface area contributed by atoms with Crippen molar-refractivity contribution < 1.29 is 0 Å². The highest BCUT2D eigenvalue weighted by Gasteiger charge is 2.22. The van der Waals surface area contributed by atoms with Gasteiger partial charge in [0.25, 0.3) is 5.56 Å². The molecule has 6 nitrogen and oxygen atoms in total. The molecule has 0 N–H and O–H groups in total. The molecule has 1 aliphatic heterocycles. The highest BCUT2D eigenvalue weighted by Crippen LogP contribution is 2.31. The average Bonchev–Trinajstić information content (AvgIpc) is 3.27. The minimum Gasteiger partial charge on any atom is -0.292 e. The molecule has 0 unspecified atom stereocenters. The smallest absolute Gasteiger partial charge is 0.261 e. The topological polar surface area (TPSA) is 65.6 Å². The van der Waals surface area contributed by atoms with Gasteiger partial charge in [-0.05, 0) is 56.2 Å². The van der Waals surface area contributed by atoms with E-state index in [1.54, 1.807) is 29.0 Å². The first-order valence-electron chi connectivity index (χ1n) is 9.37. The van der Waals surface area contributed by atoms with Crippen LogP contribution in [0.3, 0.4) is 0 Å². The lowest BCUT2D eigenvalue weighted by Gasteiger charge is -2.08. The van der Waals surface area contributed by atoms with Crippen molar-refractivity contribution in [2.75, 3.05) is 0 Å². The molecule has 1 aromatic carbocycles. The molecule has 0 fully saturated rings. The van der Waals surface area contributed by atoms with Crippen LogP contribution in [0.15, 0.2) is 35.3 Å². The van der Waals surface area contributed by atoms with E-state index in [4.69, 9.17) is 28.2 Å². The normalized spacial score (nSPS) is 15.1. The lowest BCUT2D eigenvalue weighted by atomic mass is 10.1. The van der Waals surface area contributed by atoms with Crippen LogP contribution in [0.2, 0.25) is 10.2 Å². The first kappa shape index (κ1) is 18.3. The molecule has 5 rings (SSSR count). The van der Waals surface area contributed by atoms with Gasteiger partial charge in [0.05, 0.1) is 17.1 Å². The second kappa shape index (κ2) is 6.68. The lowest BCUT2D eigenvalue weighted by Crippen LogP contribution is -2.20. The van der Waals surface area contributed by atoms with Crippen molar-refractivity contribution in [1.29, 1.82) is 0 Å². The van der Waals surface area contributed by atoms with E-state index < -0.39 is 0 Å². The molecule has 0 saturated heterocycles. The summed E-state index contributed by atoms with van der Waals surface area (Å²) in [5, 5.41) is 6.79. The van der Waals surface area contributed by atoms with Crippen LogP contribution in [-0.2, 0) is 6.54 Å². The number of allylic oxidation sites excluding steroid dienone is 1. The Morgan fingerprint density at radius 1 is 1.17 bits per heavy atom. The van der Waals surface area contributed by atoms with Crippen LogP contribution in [0.1, 0.15) is 37.7 Å². The predicted molar refractivity (Wildman–Crippen MR) is 116 cm³/mol. The molecule has 0 spiro atoms. The largest absolute Gasteiger partial charge is 0.292 e. The van der Waals surface area contributed by atoms with Crippen LogP contribution >= 0.6 is 23.2 Å². The van der Waals surface area contributed by atoms with Crippen LogP contribution in [0.4, 0.5) is 0 Å². The van der Waals surface area contributed by atoms with Gasteiger partial charge in [-0.25, -0.2) is 14.6 Å². The summed E-state index contributed by atoms with van der Waals surface area (Å²) in [5.74, 6) is 0.666. The minimum absolute atomic E-state index is 0.0752. The van der Waals surface area contributed by atoms with Crippen molar-refractivity contribution in [2.24, 2.45) is 0 Å². The Bertz CT molecular complexity index is 1380. The third kappa shape index (κ3) is 2.94. The van der Waals surface area contributed by atoms with Gasteiger partial charge in [-0.3, -0.25) is 9.36 Å². The minimum atomic E-state index is -0.0752. The van der Waals surface area contributed by atoms with Gasteiger partial charge in [-0.2, -0.15) is 5.10 Å². The fourth-order valence-electron chi connectivity index (χ4n) is 3.76. The quantitative estimate of drug-likeness (QED) is 0.425. The lowest BCUT2D eigenvalue weighted by molar-refractivity contribution is 0.546. The summed E-state index contributed by atoms with van der Waals surface area (Å²) in [7, 11) is 0. The Morgan fingerprint density at radius 2 is 2.00 bits per heavy atom. The molecule has 0 aliphatic carbocycles. The van der Waals surface area contributed by atoms with Crippen LogP contribution < -0.4 is 5.56 Å². The zero-order valence-corrected chi connectivity index (χ0v) is 17.4. The zero-order valence-electron chi connectivity index (χ0n) is 15.9. The number of nitrogens with zero attached hydrogens (tertiary/aromatic N) is 5. The number of fused-ring (bicyclic) bond motifs is 3. The predicted octanol–water partition coefficient (Wildman–Crippen LogP) is 4.97. The monoisotopic (exact) mass is 425 g/mol. The molecule has 4 heterocycles. The molecule has 1 aliphatic rings. The van der Waals surface area contributed by atoms with Gasteiger partial charge in [0.1, 0.15) is 11.0 Å². The maximum absolute atomic E-state index is 12.9. The Morgan fingerprint density at radius 3 is 2.79 bits per heavy atom. The molecule has 0 radical (unpaired) electrons. The summed E-state index contributed by atoms with van der Waals surface area (Å²) >= 11 is 12.5. The number of pyridine rings is 1. The summed E-state index contributed by atoms with van der Waals surface area (Å²) in [4.78, 5) is 22.1. The van der Waals surface area contributed by atoms with E-state index in [2.05, 4.69) is 10.1 Å². The highest BCUT2D eigenvalue weighted by molar-refractivity contribution is 6.31. The first-order valence-corrected chi connectivity index (χ1v) is 10.1. The van der Waals surface area contributed by atoms with E-state index in [-0.39, 0.29) is 11.6 Å². The van der Waals surface area contributed by atoms with Gasteiger partial charge in [0, 0.05) is 28.6 Å². The molecular formula is C21H17Cl2N5O. The van der Waals surface area contributed by atoms with Gasteiger partial charge in [-0.15, -0.1) is 0 Å². The van der Waals surface area contributed by atoms with E-state index in [0.29, 0.717) is 39.9 Å². The molecule has 0 atom stereocenters. The number of halogens is 2. The second-order valence-corrected chi connectivity index (χ2v) is 8.23. The number of aromatic nitrogens is 5. The van der Waals surface area contributed by atoms with Crippen molar-refractivity contribution in [1.82, 2.24) is 24.3 Å². The molecule has 3 aromatic heterocycles. The van der Waals surface area contributed by atoms with Crippen molar-refractivity contribution in [3.63, 3.8) is 0 Å². The summed E-state index contributed by atoms with van der Waals surface area (Å²) in [6.45, 7) is 4.68. The number of hydrogen-bond donors (Lipinski definition) is 0. The van der Waals surface area contributed by atoms with Crippen molar-refractivity contribution >= 4 is 56.8 Å². The van der Waals surface area contributed by atoms with Gasteiger partial charge in [0.2, 0.25) is 0 Å². The Labute approximate surface area is 176 Å². The highest BCUT2D eigenvalue weighted by atomic mass is 35.5. The molecule has 0 bridgehead atoms. The number of hydrogen-bond acceptors (Lipinski definition) is 4. The molecule has 0 saturated carbocycles. The summed E-state index contributed by atoms with van der Waals surface area (Å²) in [6, 6.07) is 7.36. The van der Waals surface area contributed by atoms with E-state index in [1.165, 1.54) is 0 Å². The van der Waals surface area contributed by atoms with Crippen LogP contribution in [0, 0.1) is 0 Å². The van der Waals surface area contributed by atoms with E-state index >= 15 is 0 Å². The van der Waals surface area contributed by atoms with Crippen molar-refractivity contribution in [3.8, 4) is 0 Å². The fraction of sp³-hybridized carbons (Fsp3) is 0.238. The van der Waals surface area contributed by atoms with E-state index in [0.717, 1.165) is 22.2 Å². The van der Waals surface area contributed by atoms with Gasteiger partial charge >= 0.3 is 0 Å². The molecule has 146 valence electrons. The second-order valence-electron chi connectivity index (χ2n) is 7.44. The third-order valence-corrected chi connectivity index (χ3v) is 5.71. The van der Waals surface area contributed by atoms with E-state index in [9.17, 15) is 4.79 Å².